The lowest BCUT2D eigenvalue weighted by Gasteiger charge is -2.22. The number of hydroxylamine groups is 1. The van der Waals surface area contributed by atoms with E-state index in [1.54, 1.807) is 0 Å². The zero-order chi connectivity index (χ0) is 18.2. The van der Waals surface area contributed by atoms with Crippen LogP contribution in [0.2, 0.25) is 0 Å². The summed E-state index contributed by atoms with van der Waals surface area (Å²) < 4.78 is 0. The Labute approximate surface area is 154 Å². The lowest BCUT2D eigenvalue weighted by Crippen LogP contribution is -2.31. The van der Waals surface area contributed by atoms with Crippen molar-refractivity contribution >= 4 is 11.6 Å². The highest BCUT2D eigenvalue weighted by molar-refractivity contribution is 5.91. The van der Waals surface area contributed by atoms with Crippen molar-refractivity contribution < 1.29 is 9.63 Å². The van der Waals surface area contributed by atoms with Gasteiger partial charge in [-0.25, -0.2) is 0 Å². The normalized spacial score (nSPS) is 10.8. The van der Waals surface area contributed by atoms with E-state index in [0.29, 0.717) is 13.0 Å². The van der Waals surface area contributed by atoms with E-state index in [-0.39, 0.29) is 5.91 Å². The maximum absolute atomic E-state index is 12.5. The standard InChI is InChI=1S/C22H37NO2/c1-3-5-7-8-9-10-11-12-16-19-22(24)23(25-20-6-4-2)21-17-14-13-15-18-21/h13-15,17-18H,3-12,16,19-20H2,1-2H3. The van der Waals surface area contributed by atoms with E-state index in [1.165, 1.54) is 50.0 Å². The van der Waals surface area contributed by atoms with Crippen molar-refractivity contribution in [2.24, 2.45) is 0 Å². The Kier molecular flexibility index (Phi) is 13.0. The molecule has 0 aliphatic heterocycles. The Hall–Kier alpha value is -1.35. The molecular weight excluding hydrogens is 310 g/mol. The summed E-state index contributed by atoms with van der Waals surface area (Å²) in [5.74, 6) is 0.0743. The SMILES string of the molecule is CCCCCCCCCCCC(=O)N(OCCCC)c1ccccc1. The number of unbranched alkanes of at least 4 members (excludes halogenated alkanes) is 9. The van der Waals surface area contributed by atoms with Gasteiger partial charge < -0.3 is 0 Å². The topological polar surface area (TPSA) is 29.5 Å². The zero-order valence-electron chi connectivity index (χ0n) is 16.3. The fourth-order valence-electron chi connectivity index (χ4n) is 2.84. The third-order valence-corrected chi connectivity index (χ3v) is 4.43. The van der Waals surface area contributed by atoms with Gasteiger partial charge >= 0.3 is 0 Å². The van der Waals surface area contributed by atoms with Gasteiger partial charge in [0.2, 0.25) is 0 Å². The number of benzene rings is 1. The van der Waals surface area contributed by atoms with Crippen LogP contribution in [0.5, 0.6) is 0 Å². The summed E-state index contributed by atoms with van der Waals surface area (Å²) >= 11 is 0. The van der Waals surface area contributed by atoms with Gasteiger partial charge in [-0.15, -0.1) is 0 Å². The summed E-state index contributed by atoms with van der Waals surface area (Å²) in [5, 5.41) is 1.50. The lowest BCUT2D eigenvalue weighted by molar-refractivity contribution is -0.126. The van der Waals surface area contributed by atoms with Crippen LogP contribution < -0.4 is 5.06 Å². The summed E-state index contributed by atoms with van der Waals surface area (Å²) in [7, 11) is 0. The van der Waals surface area contributed by atoms with Crippen LogP contribution in [-0.4, -0.2) is 12.5 Å². The van der Waals surface area contributed by atoms with Gasteiger partial charge in [-0.05, 0) is 25.0 Å². The molecule has 0 aliphatic rings. The Bertz CT molecular complexity index is 433. The molecule has 3 nitrogen and oxygen atoms in total. The number of amides is 1. The van der Waals surface area contributed by atoms with Crippen molar-refractivity contribution in [3.05, 3.63) is 30.3 Å². The van der Waals surface area contributed by atoms with Crippen molar-refractivity contribution in [1.29, 1.82) is 0 Å². The number of hydrogen-bond acceptors (Lipinski definition) is 2. The van der Waals surface area contributed by atoms with E-state index in [4.69, 9.17) is 4.84 Å². The summed E-state index contributed by atoms with van der Waals surface area (Å²) in [5.41, 5.74) is 0.833. The van der Waals surface area contributed by atoms with Crippen molar-refractivity contribution in [3.63, 3.8) is 0 Å². The first-order chi connectivity index (χ1) is 12.3. The molecule has 1 aromatic rings. The fourth-order valence-corrected chi connectivity index (χ4v) is 2.84. The molecule has 0 unspecified atom stereocenters. The lowest BCUT2D eigenvalue weighted by atomic mass is 10.1. The fraction of sp³-hybridized carbons (Fsp3) is 0.682. The molecule has 0 heterocycles. The van der Waals surface area contributed by atoms with Crippen LogP contribution >= 0.6 is 0 Å². The van der Waals surface area contributed by atoms with Gasteiger partial charge in [0.05, 0.1) is 12.3 Å². The molecule has 0 spiro atoms. The van der Waals surface area contributed by atoms with Crippen molar-refractivity contribution in [1.82, 2.24) is 0 Å². The van der Waals surface area contributed by atoms with Crippen molar-refractivity contribution in [2.75, 3.05) is 11.7 Å². The molecule has 0 N–H and O–H groups in total. The summed E-state index contributed by atoms with van der Waals surface area (Å²) in [4.78, 5) is 18.3. The Morgan fingerprint density at radius 2 is 1.36 bits per heavy atom. The van der Waals surface area contributed by atoms with E-state index in [2.05, 4.69) is 13.8 Å². The highest BCUT2D eigenvalue weighted by atomic mass is 16.7. The Morgan fingerprint density at radius 3 is 1.96 bits per heavy atom. The van der Waals surface area contributed by atoms with E-state index in [9.17, 15) is 4.79 Å². The molecule has 0 saturated carbocycles. The molecular formula is C22H37NO2. The van der Waals surface area contributed by atoms with Crippen LogP contribution in [0.15, 0.2) is 30.3 Å². The number of para-hydroxylation sites is 1. The molecule has 0 atom stereocenters. The predicted molar refractivity (Wildman–Crippen MR) is 107 cm³/mol. The molecule has 25 heavy (non-hydrogen) atoms. The first-order valence-electron chi connectivity index (χ1n) is 10.3. The molecule has 0 radical (unpaired) electrons. The molecule has 0 aromatic heterocycles. The quantitative estimate of drug-likeness (QED) is 0.262. The average molecular weight is 348 g/mol. The summed E-state index contributed by atoms with van der Waals surface area (Å²) in [6, 6.07) is 9.70. The molecule has 3 heteroatoms. The Morgan fingerprint density at radius 1 is 0.800 bits per heavy atom. The highest BCUT2D eigenvalue weighted by Crippen LogP contribution is 2.17. The number of nitrogens with zero attached hydrogens (tertiary/aromatic N) is 1. The van der Waals surface area contributed by atoms with E-state index in [0.717, 1.165) is 31.4 Å². The molecule has 0 saturated heterocycles. The van der Waals surface area contributed by atoms with Crippen LogP contribution in [0.3, 0.4) is 0 Å². The predicted octanol–water partition coefficient (Wildman–Crippen LogP) is 6.67. The summed E-state index contributed by atoms with van der Waals surface area (Å²) in [6.45, 7) is 4.97. The number of rotatable bonds is 15. The largest absolute Gasteiger partial charge is 0.272 e. The van der Waals surface area contributed by atoms with Crippen LogP contribution in [0, 0.1) is 0 Å². The zero-order valence-corrected chi connectivity index (χ0v) is 16.3. The molecule has 0 aliphatic carbocycles. The second-order valence-corrected chi connectivity index (χ2v) is 6.79. The minimum absolute atomic E-state index is 0.0743. The second-order valence-electron chi connectivity index (χ2n) is 6.79. The molecule has 1 amide bonds. The number of hydrogen-bond donors (Lipinski definition) is 0. The van der Waals surface area contributed by atoms with Crippen LogP contribution in [-0.2, 0) is 9.63 Å². The van der Waals surface area contributed by atoms with Gasteiger partial charge in [-0.3, -0.25) is 9.63 Å². The van der Waals surface area contributed by atoms with E-state index < -0.39 is 0 Å². The van der Waals surface area contributed by atoms with Gasteiger partial charge in [0.25, 0.3) is 5.91 Å². The Balaban J connectivity index is 2.26. The smallest absolute Gasteiger partial charge is 0.250 e. The first kappa shape index (κ1) is 21.7. The number of anilines is 1. The third-order valence-electron chi connectivity index (χ3n) is 4.43. The van der Waals surface area contributed by atoms with Crippen molar-refractivity contribution in [3.8, 4) is 0 Å². The molecule has 142 valence electrons. The molecule has 1 aromatic carbocycles. The molecule has 1 rings (SSSR count). The van der Waals surface area contributed by atoms with Gasteiger partial charge in [-0.2, -0.15) is 5.06 Å². The minimum atomic E-state index is 0.0743. The highest BCUT2D eigenvalue weighted by Gasteiger charge is 2.16. The first-order valence-corrected chi connectivity index (χ1v) is 10.3. The number of carbonyl (C=O) groups excluding carboxylic acids is 1. The van der Waals surface area contributed by atoms with Crippen LogP contribution in [0.4, 0.5) is 5.69 Å². The van der Waals surface area contributed by atoms with Gasteiger partial charge in [0.1, 0.15) is 0 Å². The van der Waals surface area contributed by atoms with Gasteiger partial charge in [0.15, 0.2) is 0 Å². The van der Waals surface area contributed by atoms with Gasteiger partial charge in [0, 0.05) is 6.42 Å². The minimum Gasteiger partial charge on any atom is -0.272 e. The van der Waals surface area contributed by atoms with E-state index in [1.807, 2.05) is 30.3 Å². The summed E-state index contributed by atoms with van der Waals surface area (Å²) in [6.07, 6.45) is 14.0. The molecule has 0 fully saturated rings. The van der Waals surface area contributed by atoms with Gasteiger partial charge in [-0.1, -0.05) is 89.8 Å². The van der Waals surface area contributed by atoms with Crippen LogP contribution in [0.25, 0.3) is 0 Å². The number of carbonyl (C=O) groups is 1. The van der Waals surface area contributed by atoms with E-state index >= 15 is 0 Å². The molecule has 0 bridgehead atoms. The van der Waals surface area contributed by atoms with Crippen molar-refractivity contribution in [2.45, 2.75) is 90.9 Å². The average Bonchev–Trinajstić information content (AvgIpc) is 2.64. The van der Waals surface area contributed by atoms with Crippen LogP contribution in [0.1, 0.15) is 90.9 Å². The third kappa shape index (κ3) is 10.3. The monoisotopic (exact) mass is 347 g/mol. The maximum Gasteiger partial charge on any atom is 0.250 e. The maximum atomic E-state index is 12.5. The second kappa shape index (κ2) is 14.9.